The van der Waals surface area contributed by atoms with Crippen LogP contribution in [0.3, 0.4) is 0 Å². The molecule has 0 aliphatic carbocycles. The van der Waals surface area contributed by atoms with Crippen LogP contribution in [0.5, 0.6) is 0 Å². The molecule has 1 heterocycles. The topological polar surface area (TPSA) is 79.3 Å². The van der Waals surface area contributed by atoms with Gasteiger partial charge in [-0.2, -0.15) is 17.8 Å². The van der Waals surface area contributed by atoms with Crippen molar-refractivity contribution >= 4 is 15.9 Å². The molecule has 0 aromatic carbocycles. The Labute approximate surface area is 108 Å². The van der Waals surface area contributed by atoms with E-state index < -0.39 is 10.2 Å². The van der Waals surface area contributed by atoms with Gasteiger partial charge in [0.25, 0.3) is 0 Å². The second kappa shape index (κ2) is 6.17. The van der Waals surface area contributed by atoms with Gasteiger partial charge in [-0.25, -0.2) is 0 Å². The van der Waals surface area contributed by atoms with Crippen molar-refractivity contribution in [2.24, 2.45) is 7.05 Å². The van der Waals surface area contributed by atoms with Crippen molar-refractivity contribution < 1.29 is 8.42 Å². The first-order valence-corrected chi connectivity index (χ1v) is 7.19. The molecule has 0 fully saturated rings. The minimum atomic E-state index is -3.50. The van der Waals surface area contributed by atoms with Crippen molar-refractivity contribution in [2.75, 3.05) is 31.9 Å². The van der Waals surface area contributed by atoms with Crippen LogP contribution >= 0.6 is 0 Å². The van der Waals surface area contributed by atoms with Crippen LogP contribution in [0.4, 0.5) is 5.69 Å². The minimum Gasteiger partial charge on any atom is -0.320 e. The van der Waals surface area contributed by atoms with E-state index >= 15 is 0 Å². The van der Waals surface area contributed by atoms with Gasteiger partial charge >= 0.3 is 10.2 Å². The predicted molar refractivity (Wildman–Crippen MR) is 71.7 cm³/mol. The van der Waals surface area contributed by atoms with Gasteiger partial charge in [-0.05, 0) is 26.9 Å². The normalized spacial score (nSPS) is 12.1. The fourth-order valence-corrected chi connectivity index (χ4v) is 2.52. The molecule has 7 nitrogen and oxygen atoms in total. The second-order valence-electron chi connectivity index (χ2n) is 4.19. The molecule has 8 heteroatoms. The number of hydrogen-bond acceptors (Lipinski definition) is 4. The summed E-state index contributed by atoms with van der Waals surface area (Å²) < 4.78 is 29.4. The number of nitrogens with one attached hydrogen (secondary N) is 2. The lowest BCUT2D eigenvalue weighted by molar-refractivity contribution is 0.462. The third kappa shape index (κ3) is 3.97. The Morgan fingerprint density at radius 2 is 2.17 bits per heavy atom. The number of anilines is 1. The van der Waals surface area contributed by atoms with E-state index in [0.717, 1.165) is 13.0 Å². The molecule has 1 aromatic rings. The van der Waals surface area contributed by atoms with Gasteiger partial charge < -0.3 is 5.32 Å². The van der Waals surface area contributed by atoms with Crippen LogP contribution in [-0.2, 0) is 17.3 Å². The Balaban J connectivity index is 2.66. The molecule has 104 valence electrons. The van der Waals surface area contributed by atoms with Crippen molar-refractivity contribution in [3.8, 4) is 0 Å². The first-order chi connectivity index (χ1) is 8.36. The summed E-state index contributed by atoms with van der Waals surface area (Å²) in [6, 6.07) is 0. The van der Waals surface area contributed by atoms with E-state index in [4.69, 9.17) is 0 Å². The van der Waals surface area contributed by atoms with Crippen LogP contribution in [0.1, 0.15) is 12.1 Å². The Kier molecular flexibility index (Phi) is 5.12. The zero-order chi connectivity index (χ0) is 13.8. The Morgan fingerprint density at radius 3 is 2.67 bits per heavy atom. The summed E-state index contributed by atoms with van der Waals surface area (Å²) in [7, 11) is 1.65. The molecule has 2 N–H and O–H groups in total. The van der Waals surface area contributed by atoms with Gasteiger partial charge in [0.15, 0.2) is 0 Å². The van der Waals surface area contributed by atoms with Gasteiger partial charge in [0.2, 0.25) is 0 Å². The van der Waals surface area contributed by atoms with Gasteiger partial charge in [0.1, 0.15) is 0 Å². The van der Waals surface area contributed by atoms with Crippen LogP contribution in [0.15, 0.2) is 6.20 Å². The van der Waals surface area contributed by atoms with Crippen LogP contribution in [0, 0.1) is 6.92 Å². The number of aromatic nitrogens is 2. The van der Waals surface area contributed by atoms with E-state index in [0.29, 0.717) is 17.9 Å². The number of hydrogen-bond donors (Lipinski definition) is 2. The van der Waals surface area contributed by atoms with Crippen LogP contribution < -0.4 is 10.0 Å². The molecule has 18 heavy (non-hydrogen) atoms. The maximum absolute atomic E-state index is 12.0. The average molecular weight is 275 g/mol. The highest BCUT2D eigenvalue weighted by Crippen LogP contribution is 2.14. The summed E-state index contributed by atoms with van der Waals surface area (Å²) in [4.78, 5) is 0. The largest absolute Gasteiger partial charge is 0.320 e. The van der Waals surface area contributed by atoms with E-state index in [2.05, 4.69) is 15.1 Å². The van der Waals surface area contributed by atoms with E-state index in [-0.39, 0.29) is 0 Å². The number of aryl methyl sites for hydroxylation is 2. The lowest BCUT2D eigenvalue weighted by Gasteiger charge is -2.17. The standard InChI is InChI=1S/C10H21N5O2S/c1-9-10(8-14(3)12-9)13-18(16,17)15(4)7-5-6-11-2/h8,11,13H,5-7H2,1-4H3. The minimum absolute atomic E-state index is 0.468. The zero-order valence-electron chi connectivity index (χ0n) is 11.3. The van der Waals surface area contributed by atoms with Crippen LogP contribution in [-0.4, -0.2) is 49.7 Å². The molecule has 0 atom stereocenters. The van der Waals surface area contributed by atoms with Crippen molar-refractivity contribution in [3.05, 3.63) is 11.9 Å². The van der Waals surface area contributed by atoms with Crippen LogP contribution in [0.2, 0.25) is 0 Å². The Bertz CT molecular complexity index is 482. The summed E-state index contributed by atoms with van der Waals surface area (Å²) in [5.41, 5.74) is 1.17. The maximum Gasteiger partial charge on any atom is 0.301 e. The van der Waals surface area contributed by atoms with Gasteiger partial charge in [-0.15, -0.1) is 0 Å². The first-order valence-electron chi connectivity index (χ1n) is 5.75. The Hall–Kier alpha value is -1.12. The van der Waals surface area contributed by atoms with Crippen molar-refractivity contribution in [3.63, 3.8) is 0 Å². The van der Waals surface area contributed by atoms with Gasteiger partial charge in [0.05, 0.1) is 11.4 Å². The molecule has 0 radical (unpaired) electrons. The van der Waals surface area contributed by atoms with Crippen LogP contribution in [0.25, 0.3) is 0 Å². The average Bonchev–Trinajstić information content (AvgIpc) is 2.57. The molecule has 0 saturated carbocycles. The van der Waals surface area contributed by atoms with Crippen molar-refractivity contribution in [1.29, 1.82) is 0 Å². The van der Waals surface area contributed by atoms with Gasteiger partial charge in [-0.3, -0.25) is 9.40 Å². The SMILES string of the molecule is CNCCCN(C)S(=O)(=O)Nc1cn(C)nc1C. The van der Waals surface area contributed by atoms with E-state index in [9.17, 15) is 8.42 Å². The molecule has 0 spiro atoms. The molecule has 1 rings (SSSR count). The smallest absolute Gasteiger partial charge is 0.301 e. The highest BCUT2D eigenvalue weighted by Gasteiger charge is 2.18. The Morgan fingerprint density at radius 1 is 1.50 bits per heavy atom. The number of rotatable bonds is 7. The second-order valence-corrected chi connectivity index (χ2v) is 5.97. The summed E-state index contributed by atoms with van der Waals surface area (Å²) in [5, 5.41) is 7.07. The summed E-state index contributed by atoms with van der Waals surface area (Å²) in [5.74, 6) is 0. The highest BCUT2D eigenvalue weighted by atomic mass is 32.2. The molecule has 0 amide bonds. The first kappa shape index (κ1) is 14.9. The van der Waals surface area contributed by atoms with Crippen molar-refractivity contribution in [2.45, 2.75) is 13.3 Å². The molecule has 0 aliphatic rings. The summed E-state index contributed by atoms with van der Waals surface area (Å²) >= 11 is 0. The lowest BCUT2D eigenvalue weighted by atomic mass is 10.4. The summed E-state index contributed by atoms with van der Waals surface area (Å²) in [6.45, 7) is 3.01. The monoisotopic (exact) mass is 275 g/mol. The van der Waals surface area contributed by atoms with Gasteiger partial charge in [0, 0.05) is 26.8 Å². The molecular weight excluding hydrogens is 254 g/mol. The quantitative estimate of drug-likeness (QED) is 0.683. The predicted octanol–water partition coefficient (Wildman–Crippen LogP) is -0.0735. The molecule has 0 saturated heterocycles. The molecule has 0 bridgehead atoms. The van der Waals surface area contributed by atoms with E-state index in [1.54, 1.807) is 31.9 Å². The molecule has 0 aliphatic heterocycles. The fourth-order valence-electron chi connectivity index (χ4n) is 1.52. The molecule has 0 unspecified atom stereocenters. The molecular formula is C10H21N5O2S. The van der Waals surface area contributed by atoms with Crippen molar-refractivity contribution in [1.82, 2.24) is 19.4 Å². The maximum atomic E-state index is 12.0. The molecule has 1 aromatic heterocycles. The van der Waals surface area contributed by atoms with E-state index in [1.165, 1.54) is 4.31 Å². The highest BCUT2D eigenvalue weighted by molar-refractivity contribution is 7.90. The lowest BCUT2D eigenvalue weighted by Crippen LogP contribution is -2.34. The summed E-state index contributed by atoms with van der Waals surface area (Å²) in [6.07, 6.45) is 2.41. The van der Waals surface area contributed by atoms with Gasteiger partial charge in [-0.1, -0.05) is 0 Å². The fraction of sp³-hybridized carbons (Fsp3) is 0.700. The number of nitrogens with zero attached hydrogens (tertiary/aromatic N) is 3. The third-order valence-electron chi connectivity index (χ3n) is 2.56. The van der Waals surface area contributed by atoms with E-state index in [1.807, 2.05) is 7.05 Å². The zero-order valence-corrected chi connectivity index (χ0v) is 12.1. The third-order valence-corrected chi connectivity index (χ3v) is 4.04.